The summed E-state index contributed by atoms with van der Waals surface area (Å²) in [5.41, 5.74) is 6.64. The summed E-state index contributed by atoms with van der Waals surface area (Å²) in [7, 11) is 1.61. The summed E-state index contributed by atoms with van der Waals surface area (Å²) in [6.07, 6.45) is 4.66. The quantitative estimate of drug-likeness (QED) is 0.575. The predicted octanol–water partition coefficient (Wildman–Crippen LogP) is 2.15. The molecule has 4 N–H and O–H groups in total. The van der Waals surface area contributed by atoms with Crippen molar-refractivity contribution in [2.24, 2.45) is 11.7 Å². The van der Waals surface area contributed by atoms with E-state index in [0.29, 0.717) is 12.3 Å². The molecule has 0 radical (unpaired) electrons. The topological polar surface area (TPSA) is 103 Å². The lowest BCUT2D eigenvalue weighted by atomic mass is 10.1. The summed E-state index contributed by atoms with van der Waals surface area (Å²) in [5.74, 6) is 0.861. The summed E-state index contributed by atoms with van der Waals surface area (Å²) in [6.45, 7) is 3.94. The van der Waals surface area contributed by atoms with E-state index in [4.69, 9.17) is 15.2 Å². The number of nitrogens with one attached hydrogen (secondary N) is 2. The van der Waals surface area contributed by atoms with Gasteiger partial charge in [-0.25, -0.2) is 0 Å². The molecule has 1 atom stereocenters. The minimum absolute atomic E-state index is 0. The Morgan fingerprint density at radius 3 is 2.50 bits per heavy atom. The third kappa shape index (κ3) is 7.20. The molecule has 2 amide bonds. The lowest BCUT2D eigenvalue weighted by molar-refractivity contribution is -0.127. The summed E-state index contributed by atoms with van der Waals surface area (Å²) >= 11 is 0. The molecule has 0 heterocycles. The first-order valence-electron chi connectivity index (χ1n) is 9.54. The Morgan fingerprint density at radius 1 is 1.21 bits per heavy atom. The molecular formula is C20H32ClN3O4. The Hall–Kier alpha value is -1.99. The first-order chi connectivity index (χ1) is 12.9. The van der Waals surface area contributed by atoms with Crippen LogP contribution in [-0.2, 0) is 16.1 Å². The maximum absolute atomic E-state index is 12.1. The Labute approximate surface area is 173 Å². The number of ether oxygens (including phenoxy) is 2. The first-order valence-corrected chi connectivity index (χ1v) is 9.54. The number of halogens is 1. The van der Waals surface area contributed by atoms with Crippen LogP contribution >= 0.6 is 12.4 Å². The summed E-state index contributed by atoms with van der Waals surface area (Å²) in [5, 5.41) is 5.37. The molecule has 2 rings (SSSR count). The fourth-order valence-electron chi connectivity index (χ4n) is 2.95. The van der Waals surface area contributed by atoms with Crippen molar-refractivity contribution in [3.8, 4) is 11.5 Å². The largest absolute Gasteiger partial charge is 0.497 e. The standard InChI is InChI=1S/C20H31N3O4.ClH/c1-13(2)19(21)20(25)23-12-18(24)22-11-14-8-9-16(26-3)10-17(14)27-15-6-4-5-7-15;/h8-10,13,15,19H,4-7,11-12,21H2,1-3H3,(H,22,24)(H,23,25);1H/t19-;/m0./s1. The van der Waals surface area contributed by atoms with Crippen LogP contribution in [-0.4, -0.2) is 37.6 Å². The van der Waals surface area contributed by atoms with Crippen molar-refractivity contribution >= 4 is 24.2 Å². The van der Waals surface area contributed by atoms with Crippen LogP contribution in [0.4, 0.5) is 0 Å². The molecule has 1 aromatic carbocycles. The number of carbonyl (C=O) groups is 2. The molecule has 28 heavy (non-hydrogen) atoms. The number of nitrogens with two attached hydrogens (primary N) is 1. The molecule has 1 aliphatic carbocycles. The third-order valence-electron chi connectivity index (χ3n) is 4.79. The number of carbonyl (C=O) groups excluding carboxylic acids is 2. The van der Waals surface area contributed by atoms with E-state index in [9.17, 15) is 9.59 Å². The zero-order valence-electron chi connectivity index (χ0n) is 16.8. The number of hydrogen-bond acceptors (Lipinski definition) is 5. The van der Waals surface area contributed by atoms with Gasteiger partial charge in [-0.1, -0.05) is 13.8 Å². The second kappa shape index (κ2) is 11.8. The second-order valence-corrected chi connectivity index (χ2v) is 7.26. The molecule has 1 fully saturated rings. The fourth-order valence-corrected chi connectivity index (χ4v) is 2.95. The monoisotopic (exact) mass is 413 g/mol. The highest BCUT2D eigenvalue weighted by molar-refractivity contribution is 5.87. The van der Waals surface area contributed by atoms with Gasteiger partial charge in [-0.3, -0.25) is 9.59 Å². The molecule has 0 aliphatic heterocycles. The Morgan fingerprint density at radius 2 is 1.89 bits per heavy atom. The second-order valence-electron chi connectivity index (χ2n) is 7.26. The van der Waals surface area contributed by atoms with Gasteiger partial charge < -0.3 is 25.8 Å². The lowest BCUT2D eigenvalue weighted by Gasteiger charge is -2.18. The van der Waals surface area contributed by atoms with Gasteiger partial charge in [-0.05, 0) is 43.7 Å². The van der Waals surface area contributed by atoms with Crippen LogP contribution in [0.25, 0.3) is 0 Å². The van der Waals surface area contributed by atoms with Crippen LogP contribution in [0.2, 0.25) is 0 Å². The van der Waals surface area contributed by atoms with Crippen molar-refractivity contribution in [3.05, 3.63) is 23.8 Å². The predicted molar refractivity (Wildman–Crippen MR) is 111 cm³/mol. The van der Waals surface area contributed by atoms with E-state index in [1.54, 1.807) is 7.11 Å². The SMILES string of the molecule is COc1ccc(CNC(=O)CNC(=O)[C@@H](N)C(C)C)c(OC2CCCC2)c1.Cl. The van der Waals surface area contributed by atoms with E-state index in [1.165, 1.54) is 12.8 Å². The van der Waals surface area contributed by atoms with Gasteiger partial charge >= 0.3 is 0 Å². The maximum Gasteiger partial charge on any atom is 0.239 e. The molecule has 0 bridgehead atoms. The Bertz CT molecular complexity index is 648. The lowest BCUT2D eigenvalue weighted by Crippen LogP contribution is -2.47. The zero-order valence-corrected chi connectivity index (χ0v) is 17.6. The molecule has 1 aromatic rings. The Kier molecular flexibility index (Phi) is 10.1. The van der Waals surface area contributed by atoms with Crippen molar-refractivity contribution < 1.29 is 19.1 Å². The van der Waals surface area contributed by atoms with E-state index in [1.807, 2.05) is 32.0 Å². The van der Waals surface area contributed by atoms with Gasteiger partial charge in [-0.2, -0.15) is 0 Å². The molecular weight excluding hydrogens is 382 g/mol. The first kappa shape index (κ1) is 24.0. The van der Waals surface area contributed by atoms with Crippen LogP contribution < -0.4 is 25.8 Å². The number of rotatable bonds is 9. The maximum atomic E-state index is 12.1. The number of hydrogen-bond donors (Lipinski definition) is 3. The zero-order chi connectivity index (χ0) is 19.8. The van der Waals surface area contributed by atoms with Crippen LogP contribution in [0.1, 0.15) is 45.1 Å². The minimum Gasteiger partial charge on any atom is -0.497 e. The molecule has 0 unspecified atom stereocenters. The van der Waals surface area contributed by atoms with Crippen LogP contribution in [0.3, 0.4) is 0 Å². The van der Waals surface area contributed by atoms with Crippen molar-refractivity contribution in [2.75, 3.05) is 13.7 Å². The van der Waals surface area contributed by atoms with E-state index >= 15 is 0 Å². The van der Waals surface area contributed by atoms with E-state index < -0.39 is 6.04 Å². The molecule has 0 spiro atoms. The molecule has 1 aliphatic rings. The van der Waals surface area contributed by atoms with E-state index in [2.05, 4.69) is 10.6 Å². The van der Waals surface area contributed by atoms with Gasteiger partial charge in [0.15, 0.2) is 0 Å². The minimum atomic E-state index is -0.620. The average molecular weight is 414 g/mol. The van der Waals surface area contributed by atoms with Crippen LogP contribution in [0, 0.1) is 5.92 Å². The highest BCUT2D eigenvalue weighted by atomic mass is 35.5. The highest BCUT2D eigenvalue weighted by Crippen LogP contribution is 2.29. The number of benzene rings is 1. The van der Waals surface area contributed by atoms with Crippen molar-refractivity contribution in [1.29, 1.82) is 0 Å². The molecule has 158 valence electrons. The number of amides is 2. The van der Waals surface area contributed by atoms with Crippen molar-refractivity contribution in [1.82, 2.24) is 10.6 Å². The smallest absolute Gasteiger partial charge is 0.239 e. The molecule has 1 saturated carbocycles. The Balaban J connectivity index is 0.00000392. The molecule has 8 heteroatoms. The summed E-state index contributed by atoms with van der Waals surface area (Å²) in [6, 6.07) is 4.96. The van der Waals surface area contributed by atoms with Crippen LogP contribution in [0.5, 0.6) is 11.5 Å². The van der Waals surface area contributed by atoms with Gasteiger partial charge in [0.05, 0.1) is 25.8 Å². The average Bonchev–Trinajstić information content (AvgIpc) is 3.17. The fraction of sp³-hybridized carbons (Fsp3) is 0.600. The van der Waals surface area contributed by atoms with Gasteiger partial charge in [0.1, 0.15) is 11.5 Å². The molecule has 7 nitrogen and oxygen atoms in total. The van der Waals surface area contributed by atoms with Gasteiger partial charge in [-0.15, -0.1) is 12.4 Å². The van der Waals surface area contributed by atoms with Crippen molar-refractivity contribution in [2.45, 2.75) is 58.2 Å². The van der Waals surface area contributed by atoms with E-state index in [-0.39, 0.29) is 42.8 Å². The van der Waals surface area contributed by atoms with Gasteiger partial charge in [0.25, 0.3) is 0 Å². The number of methoxy groups -OCH3 is 1. The summed E-state index contributed by atoms with van der Waals surface area (Å²) in [4.78, 5) is 23.9. The normalized spacial score (nSPS) is 14.9. The third-order valence-corrected chi connectivity index (χ3v) is 4.79. The van der Waals surface area contributed by atoms with E-state index in [0.717, 1.165) is 24.2 Å². The van der Waals surface area contributed by atoms with Gasteiger partial charge in [0.2, 0.25) is 11.8 Å². The van der Waals surface area contributed by atoms with Crippen LogP contribution in [0.15, 0.2) is 18.2 Å². The van der Waals surface area contributed by atoms with Gasteiger partial charge in [0, 0.05) is 18.2 Å². The highest BCUT2D eigenvalue weighted by Gasteiger charge is 2.19. The van der Waals surface area contributed by atoms with Crippen molar-refractivity contribution in [3.63, 3.8) is 0 Å². The molecule has 0 aromatic heterocycles. The molecule has 0 saturated heterocycles. The summed E-state index contributed by atoms with van der Waals surface area (Å²) < 4.78 is 11.4.